The average molecular weight is 388 g/mol. The molecule has 0 aliphatic heterocycles. The van der Waals surface area contributed by atoms with Crippen LogP contribution >= 0.6 is 23.2 Å². The Kier molecular flexibility index (Phi) is 4.25. The minimum Gasteiger partial charge on any atom is -0.379 e. The molecule has 1 aliphatic carbocycles. The lowest BCUT2D eigenvalue weighted by molar-refractivity contribution is 0.162. The first-order valence-corrected chi connectivity index (χ1v) is 9.42. The molecule has 1 saturated carbocycles. The fourth-order valence-corrected chi connectivity index (χ4v) is 3.81. The third kappa shape index (κ3) is 3.00. The van der Waals surface area contributed by atoms with E-state index in [1.54, 1.807) is 6.07 Å². The molecule has 1 aromatic heterocycles. The van der Waals surface area contributed by atoms with Gasteiger partial charge >= 0.3 is 0 Å². The Hall–Kier alpha value is -1.97. The van der Waals surface area contributed by atoms with Gasteiger partial charge in [0.15, 0.2) is 0 Å². The molecule has 0 unspecified atom stereocenters. The molecule has 0 amide bonds. The van der Waals surface area contributed by atoms with E-state index in [0.29, 0.717) is 21.5 Å². The Morgan fingerprint density at radius 3 is 2.23 bits per heavy atom. The van der Waals surface area contributed by atoms with Gasteiger partial charge < -0.3 is 4.52 Å². The average Bonchev–Trinajstić information content (AvgIpc) is 3.37. The molecular weight excluding hydrogens is 369 g/mol. The fraction of sp³-hybridized carbons (Fsp3) is 0.286. The number of hydrogen-bond acceptors (Lipinski definition) is 2. The van der Waals surface area contributed by atoms with Crippen LogP contribution in [0.1, 0.15) is 43.9 Å². The summed E-state index contributed by atoms with van der Waals surface area (Å²) in [6, 6.07) is 15.0. The summed E-state index contributed by atoms with van der Waals surface area (Å²) in [5.41, 5.74) is 1.53. The standard InChI is InChI=1S/C21H19Cl2NO2/c1-21(2,15-10-16(22)12-17(23)11-15)24-20(25)18(13-6-4-3-5-7-13)19(26-24)14-8-9-14/h3-7,10-12,14H,8-9H2,1-2H3. The number of hydrogen-bond donors (Lipinski definition) is 0. The molecular formula is C21H19Cl2NO2. The second-order valence-electron chi connectivity index (χ2n) is 7.29. The van der Waals surface area contributed by atoms with Gasteiger partial charge in [-0.15, -0.1) is 0 Å². The van der Waals surface area contributed by atoms with Crippen LogP contribution < -0.4 is 5.56 Å². The van der Waals surface area contributed by atoms with Crippen LogP contribution in [-0.2, 0) is 5.54 Å². The van der Waals surface area contributed by atoms with Crippen LogP contribution in [0.3, 0.4) is 0 Å². The van der Waals surface area contributed by atoms with E-state index >= 15 is 0 Å². The monoisotopic (exact) mass is 387 g/mol. The van der Waals surface area contributed by atoms with E-state index < -0.39 is 5.54 Å². The van der Waals surface area contributed by atoms with Crippen LogP contribution in [0.25, 0.3) is 11.1 Å². The maximum absolute atomic E-state index is 13.3. The van der Waals surface area contributed by atoms with E-state index in [4.69, 9.17) is 27.7 Å². The zero-order valence-corrected chi connectivity index (χ0v) is 16.1. The molecule has 1 heterocycles. The van der Waals surface area contributed by atoms with Crippen LogP contribution in [0.2, 0.25) is 10.0 Å². The zero-order valence-electron chi connectivity index (χ0n) is 14.6. The zero-order chi connectivity index (χ0) is 18.5. The summed E-state index contributed by atoms with van der Waals surface area (Å²) in [7, 11) is 0. The summed E-state index contributed by atoms with van der Waals surface area (Å²) in [5.74, 6) is 1.10. The molecule has 134 valence electrons. The first kappa shape index (κ1) is 17.4. The van der Waals surface area contributed by atoms with Crippen molar-refractivity contribution in [2.24, 2.45) is 0 Å². The van der Waals surface area contributed by atoms with Crippen LogP contribution in [0, 0.1) is 0 Å². The van der Waals surface area contributed by atoms with E-state index in [1.807, 2.05) is 56.3 Å². The Bertz CT molecular complexity index is 994. The Balaban J connectivity index is 1.91. The lowest BCUT2D eigenvalue weighted by Gasteiger charge is -2.25. The number of nitrogens with zero attached hydrogens (tertiary/aromatic N) is 1. The maximum Gasteiger partial charge on any atom is 0.291 e. The highest BCUT2D eigenvalue weighted by Crippen LogP contribution is 2.44. The largest absolute Gasteiger partial charge is 0.379 e. The molecule has 0 radical (unpaired) electrons. The molecule has 26 heavy (non-hydrogen) atoms. The van der Waals surface area contributed by atoms with Gasteiger partial charge in [0.05, 0.1) is 5.56 Å². The van der Waals surface area contributed by atoms with Crippen LogP contribution in [0.5, 0.6) is 0 Å². The van der Waals surface area contributed by atoms with Crippen molar-refractivity contribution in [3.63, 3.8) is 0 Å². The van der Waals surface area contributed by atoms with Crippen molar-refractivity contribution in [1.82, 2.24) is 4.74 Å². The molecule has 0 bridgehead atoms. The summed E-state index contributed by atoms with van der Waals surface area (Å²) in [4.78, 5) is 13.3. The molecule has 3 nitrogen and oxygen atoms in total. The molecule has 5 heteroatoms. The molecule has 0 spiro atoms. The second-order valence-corrected chi connectivity index (χ2v) is 8.16. The molecule has 1 aliphatic rings. The highest BCUT2D eigenvalue weighted by atomic mass is 35.5. The number of halogens is 2. The molecule has 0 saturated heterocycles. The van der Waals surface area contributed by atoms with Crippen molar-refractivity contribution in [2.75, 3.05) is 0 Å². The van der Waals surface area contributed by atoms with Crippen molar-refractivity contribution in [1.29, 1.82) is 0 Å². The topological polar surface area (TPSA) is 35.1 Å². The van der Waals surface area contributed by atoms with Crippen molar-refractivity contribution in [3.05, 3.63) is 80.3 Å². The van der Waals surface area contributed by atoms with Crippen molar-refractivity contribution < 1.29 is 4.52 Å². The predicted molar refractivity (Wildman–Crippen MR) is 105 cm³/mol. The Labute approximate surface area is 162 Å². The normalized spacial score (nSPS) is 14.6. The SMILES string of the molecule is CC(C)(c1cc(Cl)cc(Cl)c1)n1oc(C2CC2)c(-c2ccccc2)c1=O. The third-order valence-corrected chi connectivity index (χ3v) is 5.36. The minimum atomic E-state index is -0.720. The Morgan fingerprint density at radius 1 is 1.04 bits per heavy atom. The quantitative estimate of drug-likeness (QED) is 0.543. The van der Waals surface area contributed by atoms with Crippen LogP contribution in [0.15, 0.2) is 57.8 Å². The summed E-state index contributed by atoms with van der Waals surface area (Å²) in [6.07, 6.45) is 2.10. The van der Waals surface area contributed by atoms with Gasteiger partial charge in [-0.25, -0.2) is 0 Å². The molecule has 4 rings (SSSR count). The molecule has 3 aromatic rings. The van der Waals surface area contributed by atoms with Crippen molar-refractivity contribution >= 4 is 23.2 Å². The summed E-state index contributed by atoms with van der Waals surface area (Å²) in [5, 5.41) is 1.07. The van der Waals surface area contributed by atoms with E-state index in [0.717, 1.165) is 29.7 Å². The lowest BCUT2D eigenvalue weighted by Crippen LogP contribution is -2.35. The van der Waals surface area contributed by atoms with Crippen molar-refractivity contribution in [3.8, 4) is 11.1 Å². The molecule has 0 N–H and O–H groups in total. The van der Waals surface area contributed by atoms with Gasteiger partial charge in [-0.3, -0.25) is 4.79 Å². The van der Waals surface area contributed by atoms with Gasteiger partial charge in [0, 0.05) is 16.0 Å². The first-order valence-electron chi connectivity index (χ1n) is 8.66. The smallest absolute Gasteiger partial charge is 0.291 e. The summed E-state index contributed by atoms with van der Waals surface area (Å²) in [6.45, 7) is 3.87. The van der Waals surface area contributed by atoms with Gasteiger partial charge in [-0.2, -0.15) is 4.74 Å². The minimum absolute atomic E-state index is 0.126. The first-order chi connectivity index (χ1) is 12.4. The summed E-state index contributed by atoms with van der Waals surface area (Å²) < 4.78 is 7.60. The lowest BCUT2D eigenvalue weighted by atomic mass is 9.94. The summed E-state index contributed by atoms with van der Waals surface area (Å²) >= 11 is 12.3. The maximum atomic E-state index is 13.3. The van der Waals surface area contributed by atoms with E-state index in [-0.39, 0.29) is 5.56 Å². The van der Waals surface area contributed by atoms with Gasteiger partial charge in [0.25, 0.3) is 5.56 Å². The fourth-order valence-electron chi connectivity index (χ4n) is 3.28. The van der Waals surface area contributed by atoms with Crippen LogP contribution in [0.4, 0.5) is 0 Å². The number of aromatic nitrogens is 1. The van der Waals surface area contributed by atoms with E-state index in [1.165, 1.54) is 4.74 Å². The van der Waals surface area contributed by atoms with Crippen LogP contribution in [-0.4, -0.2) is 4.74 Å². The van der Waals surface area contributed by atoms with Gasteiger partial charge in [0.1, 0.15) is 11.3 Å². The molecule has 1 fully saturated rings. The predicted octanol–water partition coefficient (Wildman–Crippen LogP) is 6.08. The molecule has 2 aromatic carbocycles. The van der Waals surface area contributed by atoms with E-state index in [9.17, 15) is 4.79 Å². The van der Waals surface area contributed by atoms with Gasteiger partial charge in [-0.1, -0.05) is 53.5 Å². The Morgan fingerprint density at radius 2 is 1.65 bits per heavy atom. The second kappa shape index (κ2) is 6.33. The van der Waals surface area contributed by atoms with E-state index in [2.05, 4.69) is 0 Å². The molecule has 0 atom stereocenters. The van der Waals surface area contributed by atoms with Crippen molar-refractivity contribution in [2.45, 2.75) is 38.1 Å². The number of benzene rings is 2. The highest BCUT2D eigenvalue weighted by Gasteiger charge is 2.37. The number of rotatable bonds is 4. The highest BCUT2D eigenvalue weighted by molar-refractivity contribution is 6.34. The van der Waals surface area contributed by atoms with Gasteiger partial charge in [-0.05, 0) is 56.0 Å². The van der Waals surface area contributed by atoms with Gasteiger partial charge in [0.2, 0.25) is 0 Å². The third-order valence-electron chi connectivity index (χ3n) is 4.92.